The molecule has 1 unspecified atom stereocenters. The molecule has 1 atom stereocenters. The fraction of sp³-hybridized carbons (Fsp3) is 0.500. The van der Waals surface area contributed by atoms with Crippen LogP contribution in [0.4, 0.5) is 4.79 Å². The van der Waals surface area contributed by atoms with Crippen molar-refractivity contribution in [2.75, 3.05) is 13.1 Å². The molecule has 0 spiro atoms. The van der Waals surface area contributed by atoms with Gasteiger partial charge in [-0.3, -0.25) is 0 Å². The molecule has 1 aliphatic rings. The van der Waals surface area contributed by atoms with Gasteiger partial charge in [-0.1, -0.05) is 38.1 Å². The van der Waals surface area contributed by atoms with Crippen molar-refractivity contribution in [2.45, 2.75) is 32.7 Å². The first kappa shape index (κ1) is 15.4. The summed E-state index contributed by atoms with van der Waals surface area (Å²) >= 11 is 0. The van der Waals surface area contributed by atoms with Gasteiger partial charge in [0.05, 0.1) is 0 Å². The van der Waals surface area contributed by atoms with E-state index in [-0.39, 0.29) is 11.9 Å². The van der Waals surface area contributed by atoms with Crippen LogP contribution in [0.15, 0.2) is 24.3 Å². The van der Waals surface area contributed by atoms with Crippen molar-refractivity contribution in [3.63, 3.8) is 0 Å². The third kappa shape index (κ3) is 3.74. The van der Waals surface area contributed by atoms with Gasteiger partial charge in [0.1, 0.15) is 6.04 Å². The van der Waals surface area contributed by atoms with Gasteiger partial charge in [0, 0.05) is 13.1 Å². The van der Waals surface area contributed by atoms with Crippen LogP contribution in [0.2, 0.25) is 0 Å². The largest absolute Gasteiger partial charge is 0.480 e. The number of carboxylic acids is 1. The van der Waals surface area contributed by atoms with Crippen molar-refractivity contribution in [3.8, 4) is 0 Å². The smallest absolute Gasteiger partial charge is 0.326 e. The van der Waals surface area contributed by atoms with Crippen molar-refractivity contribution in [3.05, 3.63) is 35.4 Å². The zero-order valence-electron chi connectivity index (χ0n) is 12.5. The van der Waals surface area contributed by atoms with E-state index in [0.717, 1.165) is 12.8 Å². The number of hydrogen-bond acceptors (Lipinski definition) is 2. The van der Waals surface area contributed by atoms with E-state index in [1.54, 1.807) is 18.7 Å². The monoisotopic (exact) mass is 290 g/mol. The second-order valence-electron chi connectivity index (χ2n) is 5.77. The summed E-state index contributed by atoms with van der Waals surface area (Å²) in [5.74, 6) is -1.13. The number of nitrogens with one attached hydrogen (secondary N) is 1. The lowest BCUT2D eigenvalue weighted by molar-refractivity contribution is -0.140. The third-order valence-electron chi connectivity index (χ3n) is 3.92. The number of benzene rings is 1. The predicted octanol–water partition coefficient (Wildman–Crippen LogP) is 1.91. The second kappa shape index (κ2) is 6.61. The minimum Gasteiger partial charge on any atom is -0.480 e. The fourth-order valence-corrected chi connectivity index (χ4v) is 2.61. The second-order valence-corrected chi connectivity index (χ2v) is 5.77. The first-order chi connectivity index (χ1) is 9.99. The Hall–Kier alpha value is -2.04. The molecule has 1 aliphatic heterocycles. The van der Waals surface area contributed by atoms with Gasteiger partial charge in [-0.15, -0.1) is 0 Å². The molecule has 114 valence electrons. The Morgan fingerprint density at radius 3 is 2.10 bits per heavy atom. The highest BCUT2D eigenvalue weighted by Crippen LogP contribution is 2.15. The van der Waals surface area contributed by atoms with Gasteiger partial charge >= 0.3 is 12.0 Å². The zero-order valence-corrected chi connectivity index (χ0v) is 12.5. The van der Waals surface area contributed by atoms with Crippen LogP contribution in [-0.4, -0.2) is 41.1 Å². The van der Waals surface area contributed by atoms with Crippen LogP contribution in [0.1, 0.15) is 25.0 Å². The number of carbonyl (C=O) groups excluding carboxylic acids is 1. The van der Waals surface area contributed by atoms with Crippen molar-refractivity contribution in [1.29, 1.82) is 0 Å². The summed E-state index contributed by atoms with van der Waals surface area (Å²) in [6.07, 6.45) is 1.62. The normalized spacial score (nSPS) is 16.0. The number of fused-ring (bicyclic) bond motifs is 1. The molecular weight excluding hydrogens is 268 g/mol. The molecule has 0 saturated carbocycles. The maximum atomic E-state index is 12.3. The Bertz CT molecular complexity index is 501. The standard InChI is InChI=1S/C16H22N2O3/c1-11(2)14(15(19)20)17-16(21)18-9-7-12-5-3-4-6-13(12)8-10-18/h3-6,11,14H,7-10H2,1-2H3,(H,17,21)(H,19,20). The van der Waals surface area contributed by atoms with E-state index in [0.29, 0.717) is 13.1 Å². The van der Waals surface area contributed by atoms with Gasteiger partial charge in [0.2, 0.25) is 0 Å². The molecular formula is C16H22N2O3. The van der Waals surface area contributed by atoms with E-state index in [1.807, 2.05) is 12.1 Å². The predicted molar refractivity (Wildman–Crippen MR) is 80.2 cm³/mol. The Labute approximate surface area is 125 Å². The van der Waals surface area contributed by atoms with E-state index in [4.69, 9.17) is 5.11 Å². The highest BCUT2D eigenvalue weighted by Gasteiger charge is 2.26. The summed E-state index contributed by atoms with van der Waals surface area (Å²) in [5, 5.41) is 11.8. The molecule has 0 aliphatic carbocycles. The molecule has 21 heavy (non-hydrogen) atoms. The minimum atomic E-state index is -0.989. The summed E-state index contributed by atoms with van der Waals surface area (Å²) in [7, 11) is 0. The first-order valence-corrected chi connectivity index (χ1v) is 7.34. The molecule has 0 radical (unpaired) electrons. The molecule has 2 amide bonds. The number of hydrogen-bond donors (Lipinski definition) is 2. The Kier molecular flexibility index (Phi) is 4.83. The highest BCUT2D eigenvalue weighted by atomic mass is 16.4. The molecule has 1 heterocycles. The van der Waals surface area contributed by atoms with Crippen molar-refractivity contribution in [2.24, 2.45) is 5.92 Å². The Morgan fingerprint density at radius 2 is 1.67 bits per heavy atom. The lowest BCUT2D eigenvalue weighted by Gasteiger charge is -2.25. The lowest BCUT2D eigenvalue weighted by Crippen LogP contribution is -2.50. The Morgan fingerprint density at radius 1 is 1.14 bits per heavy atom. The number of aliphatic carboxylic acids is 1. The molecule has 0 aromatic heterocycles. The van der Waals surface area contributed by atoms with Crippen molar-refractivity contribution < 1.29 is 14.7 Å². The molecule has 1 aromatic rings. The molecule has 0 bridgehead atoms. The maximum absolute atomic E-state index is 12.3. The Balaban J connectivity index is 2.00. The van der Waals surface area contributed by atoms with Gasteiger partial charge in [-0.25, -0.2) is 9.59 Å². The summed E-state index contributed by atoms with van der Waals surface area (Å²) in [6, 6.07) is 7.06. The van der Waals surface area contributed by atoms with Gasteiger partial charge in [-0.2, -0.15) is 0 Å². The van der Waals surface area contributed by atoms with E-state index < -0.39 is 12.0 Å². The molecule has 0 saturated heterocycles. The first-order valence-electron chi connectivity index (χ1n) is 7.34. The van der Waals surface area contributed by atoms with Crippen molar-refractivity contribution in [1.82, 2.24) is 10.2 Å². The molecule has 5 heteroatoms. The van der Waals surface area contributed by atoms with E-state index in [9.17, 15) is 9.59 Å². The van der Waals surface area contributed by atoms with Gasteiger partial charge in [-0.05, 0) is 29.9 Å². The van der Waals surface area contributed by atoms with E-state index in [2.05, 4.69) is 17.4 Å². The number of amides is 2. The van der Waals surface area contributed by atoms with Gasteiger partial charge in [0.15, 0.2) is 0 Å². The number of carboxylic acid groups (broad SMARTS) is 1. The minimum absolute atomic E-state index is 0.143. The van der Waals surface area contributed by atoms with E-state index in [1.165, 1.54) is 11.1 Å². The third-order valence-corrected chi connectivity index (χ3v) is 3.92. The molecule has 1 aromatic carbocycles. The van der Waals surface area contributed by atoms with Crippen LogP contribution in [0.5, 0.6) is 0 Å². The van der Waals surface area contributed by atoms with Gasteiger partial charge in [0.25, 0.3) is 0 Å². The van der Waals surface area contributed by atoms with Crippen LogP contribution in [0.3, 0.4) is 0 Å². The maximum Gasteiger partial charge on any atom is 0.326 e. The molecule has 2 rings (SSSR count). The van der Waals surface area contributed by atoms with Crippen molar-refractivity contribution >= 4 is 12.0 Å². The van der Waals surface area contributed by atoms with Gasteiger partial charge < -0.3 is 15.3 Å². The zero-order chi connectivity index (χ0) is 15.4. The summed E-state index contributed by atoms with van der Waals surface area (Å²) in [4.78, 5) is 25.2. The van der Waals surface area contributed by atoms with Crippen LogP contribution in [0, 0.1) is 5.92 Å². The van der Waals surface area contributed by atoms with Crippen LogP contribution in [0.25, 0.3) is 0 Å². The van der Waals surface area contributed by atoms with Crippen LogP contribution < -0.4 is 5.32 Å². The highest BCUT2D eigenvalue weighted by molar-refractivity contribution is 5.82. The molecule has 2 N–H and O–H groups in total. The van der Waals surface area contributed by atoms with Crippen LogP contribution >= 0.6 is 0 Å². The molecule has 0 fully saturated rings. The number of rotatable bonds is 3. The van der Waals surface area contributed by atoms with Crippen LogP contribution in [-0.2, 0) is 17.6 Å². The van der Waals surface area contributed by atoms with E-state index >= 15 is 0 Å². The summed E-state index contributed by atoms with van der Waals surface area (Å²) in [5.41, 5.74) is 2.54. The number of urea groups is 1. The molecule has 5 nitrogen and oxygen atoms in total. The number of nitrogens with zero attached hydrogens (tertiary/aromatic N) is 1. The topological polar surface area (TPSA) is 69.6 Å². The average Bonchev–Trinajstić information content (AvgIpc) is 2.66. The quantitative estimate of drug-likeness (QED) is 0.893. The summed E-state index contributed by atoms with van der Waals surface area (Å²) in [6.45, 7) is 4.81. The SMILES string of the molecule is CC(C)C(NC(=O)N1CCc2ccccc2CC1)C(=O)O. The average molecular weight is 290 g/mol. The number of carbonyl (C=O) groups is 2. The fourth-order valence-electron chi connectivity index (χ4n) is 2.61. The summed E-state index contributed by atoms with van der Waals surface area (Å²) < 4.78 is 0. The lowest BCUT2D eigenvalue weighted by atomic mass is 10.0.